The monoisotopic (exact) mass is 682 g/mol. The molecule has 1 saturated heterocycles. The van der Waals surface area contributed by atoms with Gasteiger partial charge in [0.25, 0.3) is 17.7 Å². The number of fused-ring (bicyclic) bond motifs is 1. The lowest BCUT2D eigenvalue weighted by Gasteiger charge is -2.42. The predicted octanol–water partition coefficient (Wildman–Crippen LogP) is 11.7. The molecular formula is C5H8Cl8N6O4P6. The Morgan fingerprint density at radius 2 is 0.931 bits per heavy atom. The maximum Gasteiger partial charge on any atom is 0.345 e. The van der Waals surface area contributed by atoms with Crippen LogP contribution in [-0.2, 0) is 18.1 Å². The van der Waals surface area contributed by atoms with Gasteiger partial charge in [-0.05, 0) is 89.9 Å². The predicted molar refractivity (Wildman–Crippen MR) is 129 cm³/mol. The molecule has 0 unspecified atom stereocenters. The largest absolute Gasteiger partial charge is 0.345 e. The smallest absolute Gasteiger partial charge is 0.315 e. The molecule has 0 aliphatic carbocycles. The maximum absolute atomic E-state index is 6.41. The molecule has 0 aromatic carbocycles. The molecular weight excluding hydrogens is 678 g/mol. The molecule has 0 aromatic rings. The van der Waals surface area contributed by atoms with Crippen LogP contribution in [0.1, 0.15) is 0 Å². The van der Waals surface area contributed by atoms with Gasteiger partial charge in [-0.15, -0.1) is 0 Å². The molecule has 10 nitrogen and oxygen atoms in total. The Balaban J connectivity index is 1.64. The normalized spacial score (nSPS) is 40.6. The molecule has 29 heavy (non-hydrogen) atoms. The molecule has 4 heterocycles. The zero-order valence-electron chi connectivity index (χ0n) is 13.4. The SMILES string of the molecule is ClP1(Cl)=NP(Cl)(Cl)=NP2(=N1)OCC1(CO2)CO[P@]2(Cl)=N[P@@](Cl)(=NP(Cl)(Cl)=N2)OC1. The summed E-state index contributed by atoms with van der Waals surface area (Å²) in [6.45, 7) is -6.52. The van der Waals surface area contributed by atoms with Crippen molar-refractivity contribution in [3.8, 4) is 0 Å². The minimum atomic E-state index is -3.28. The van der Waals surface area contributed by atoms with Crippen molar-refractivity contribution < 1.29 is 18.1 Å². The lowest BCUT2D eigenvalue weighted by atomic mass is 9.93. The van der Waals surface area contributed by atoms with E-state index in [1.165, 1.54) is 0 Å². The fraction of sp³-hybridized carbons (Fsp3) is 1.00. The molecule has 0 aromatic heterocycles. The minimum absolute atomic E-state index is 0.00358. The molecule has 2 spiro atoms. The third-order valence-electron chi connectivity index (χ3n) is 3.46. The summed E-state index contributed by atoms with van der Waals surface area (Å²) in [5.41, 5.74) is -0.845. The second-order valence-corrected chi connectivity index (χ2v) is 29.6. The Kier molecular flexibility index (Phi) is 7.33. The highest BCUT2D eigenvalue weighted by atomic mass is 35.9. The molecule has 24 heteroatoms. The summed E-state index contributed by atoms with van der Waals surface area (Å²) >= 11 is 49.4. The van der Waals surface area contributed by atoms with E-state index in [9.17, 15) is 0 Å². The van der Waals surface area contributed by atoms with Gasteiger partial charge in [0, 0.05) is 0 Å². The first kappa shape index (κ1) is 25.6. The zero-order chi connectivity index (χ0) is 21.4. The summed E-state index contributed by atoms with van der Waals surface area (Å²) in [5.74, 6) is -9.54. The van der Waals surface area contributed by atoms with Crippen molar-refractivity contribution >= 4 is 129 Å². The van der Waals surface area contributed by atoms with E-state index in [2.05, 4.69) is 27.1 Å². The molecule has 0 N–H and O–H groups in total. The Labute approximate surface area is 204 Å². The number of hydrogen-bond acceptors (Lipinski definition) is 10. The summed E-state index contributed by atoms with van der Waals surface area (Å²) in [4.78, 5) is 0. The lowest BCUT2D eigenvalue weighted by Crippen LogP contribution is -2.43. The van der Waals surface area contributed by atoms with E-state index in [0.29, 0.717) is 0 Å². The topological polar surface area (TPSA) is 111 Å². The van der Waals surface area contributed by atoms with Crippen LogP contribution in [-0.4, -0.2) is 26.4 Å². The second kappa shape index (κ2) is 8.30. The van der Waals surface area contributed by atoms with Crippen LogP contribution in [0.25, 0.3) is 0 Å². The maximum atomic E-state index is 6.41. The van der Waals surface area contributed by atoms with Crippen molar-refractivity contribution in [1.82, 2.24) is 0 Å². The van der Waals surface area contributed by atoms with E-state index >= 15 is 0 Å². The van der Waals surface area contributed by atoms with Crippen LogP contribution in [0.15, 0.2) is 27.1 Å². The Hall–Kier alpha value is 3.54. The van der Waals surface area contributed by atoms with Crippen molar-refractivity contribution in [3.05, 3.63) is 0 Å². The summed E-state index contributed by atoms with van der Waals surface area (Å²) in [6.07, 6.45) is 0. The van der Waals surface area contributed by atoms with Crippen molar-refractivity contribution in [3.63, 3.8) is 0 Å². The highest BCUT2D eigenvalue weighted by Gasteiger charge is 2.49. The van der Waals surface area contributed by atoms with Gasteiger partial charge in [0.15, 0.2) is 0 Å². The molecule has 4 aliphatic heterocycles. The van der Waals surface area contributed by atoms with Crippen molar-refractivity contribution in [2.75, 3.05) is 26.4 Å². The fourth-order valence-electron chi connectivity index (χ4n) is 2.28. The van der Waals surface area contributed by atoms with Crippen LogP contribution >= 0.6 is 129 Å². The molecule has 0 saturated carbocycles. The first-order valence-corrected chi connectivity index (χ1v) is 24.1. The quantitative estimate of drug-likeness (QED) is 0.236. The Bertz CT molecular complexity index is 1070. The summed E-state index contributed by atoms with van der Waals surface area (Å²) < 4.78 is 47.7. The molecule has 4 rings (SSSR count). The zero-order valence-corrected chi connectivity index (χ0v) is 24.8. The first-order chi connectivity index (χ1) is 13.1. The Morgan fingerprint density at radius 1 is 0.483 bits per heavy atom. The summed E-state index contributed by atoms with van der Waals surface area (Å²) in [6, 6.07) is 0. The fourth-order valence-corrected chi connectivity index (χ4v) is 31.4. The van der Waals surface area contributed by atoms with E-state index in [4.69, 9.17) is 108 Å². The highest BCUT2D eigenvalue weighted by molar-refractivity contribution is 8.20. The molecule has 4 aliphatic rings. The van der Waals surface area contributed by atoms with E-state index in [0.717, 1.165) is 0 Å². The number of hydrogen-bond donors (Lipinski definition) is 0. The first-order valence-electron chi connectivity index (χ1n) is 7.05. The van der Waals surface area contributed by atoms with E-state index in [1.54, 1.807) is 0 Å². The second-order valence-electron chi connectivity index (χ2n) is 5.93. The third-order valence-corrected chi connectivity index (χ3v) is 26.1. The van der Waals surface area contributed by atoms with Crippen LogP contribution in [0.3, 0.4) is 0 Å². The molecule has 2 bridgehead atoms. The molecule has 168 valence electrons. The summed E-state index contributed by atoms with van der Waals surface area (Å²) in [7, 11) is -3.26. The molecule has 0 radical (unpaired) electrons. The van der Waals surface area contributed by atoms with Crippen LogP contribution in [0.2, 0.25) is 0 Å². The van der Waals surface area contributed by atoms with Gasteiger partial charge in [-0.25, -0.2) is 0 Å². The third kappa shape index (κ3) is 6.03. The van der Waals surface area contributed by atoms with Gasteiger partial charge >= 0.3 is 21.2 Å². The Morgan fingerprint density at radius 3 is 1.48 bits per heavy atom. The van der Waals surface area contributed by atoms with Gasteiger partial charge < -0.3 is 18.1 Å². The summed E-state index contributed by atoms with van der Waals surface area (Å²) in [5, 5.41) is 0. The van der Waals surface area contributed by atoms with E-state index in [-0.39, 0.29) is 26.4 Å². The van der Waals surface area contributed by atoms with Gasteiger partial charge in [-0.1, -0.05) is 0 Å². The lowest BCUT2D eigenvalue weighted by molar-refractivity contribution is -0.0295. The van der Waals surface area contributed by atoms with E-state index in [1.807, 2.05) is 0 Å². The number of rotatable bonds is 0. The van der Waals surface area contributed by atoms with Gasteiger partial charge in [0.05, 0.1) is 31.8 Å². The van der Waals surface area contributed by atoms with Gasteiger partial charge in [0.2, 0.25) is 0 Å². The van der Waals surface area contributed by atoms with Crippen molar-refractivity contribution in [2.45, 2.75) is 0 Å². The number of halogens is 8. The molecule has 0 amide bonds. The number of nitrogens with zero attached hydrogens (tertiary/aromatic N) is 6. The van der Waals surface area contributed by atoms with Gasteiger partial charge in [-0.3, -0.25) is 0 Å². The van der Waals surface area contributed by atoms with Crippen LogP contribution < -0.4 is 0 Å². The van der Waals surface area contributed by atoms with Crippen molar-refractivity contribution in [1.29, 1.82) is 0 Å². The standard InChI is InChI=1S/C5H8Cl8N6O4P6/c6-24(7)14-25(8,9)18-29(17-24)22-3-5(4-23-29)1-20-27(12)15-26(10,11)16-28(13,19-27)21-2-5/h1-4H2/t27-,28+. The molecule has 1 fully saturated rings. The molecule has 2 atom stereocenters. The van der Waals surface area contributed by atoms with Crippen molar-refractivity contribution in [2.24, 2.45) is 32.5 Å². The van der Waals surface area contributed by atoms with Gasteiger partial charge in [0.1, 0.15) is 0 Å². The average Bonchev–Trinajstić information content (AvgIpc) is 2.47. The van der Waals surface area contributed by atoms with Crippen LogP contribution in [0, 0.1) is 5.41 Å². The van der Waals surface area contributed by atoms with Gasteiger partial charge in [-0.2, -0.15) is 27.1 Å². The average molecular weight is 686 g/mol. The van der Waals surface area contributed by atoms with Crippen LogP contribution in [0.4, 0.5) is 0 Å². The highest BCUT2D eigenvalue weighted by Crippen LogP contribution is 2.88. The van der Waals surface area contributed by atoms with Crippen LogP contribution in [0.5, 0.6) is 0 Å². The van der Waals surface area contributed by atoms with E-state index < -0.39 is 44.4 Å². The minimum Gasteiger partial charge on any atom is -0.315 e.